The lowest BCUT2D eigenvalue weighted by Gasteiger charge is -1.99. The van der Waals surface area contributed by atoms with Crippen LogP contribution in [0.3, 0.4) is 0 Å². The van der Waals surface area contributed by atoms with Crippen LogP contribution in [0.5, 0.6) is 0 Å². The second-order valence-electron chi connectivity index (χ2n) is 2.78. The van der Waals surface area contributed by atoms with Crippen LogP contribution in [0.2, 0.25) is 5.02 Å². The fraction of sp³-hybridized carbons (Fsp3) is 0.100. The third-order valence-electron chi connectivity index (χ3n) is 1.69. The minimum atomic E-state index is -1.08. The monoisotopic (exact) mass is 214 g/mol. The standard InChI is InChI=1S/C10H8ClFO2/c1-6(10(13)14)5-7-3-2-4-8(11)9(7)12/h2-5H,1H3,(H,13,14)/b6-5-. The Balaban J connectivity index is 3.15. The number of rotatable bonds is 2. The Morgan fingerprint density at radius 1 is 1.57 bits per heavy atom. The van der Waals surface area contributed by atoms with Crippen molar-refractivity contribution in [1.29, 1.82) is 0 Å². The van der Waals surface area contributed by atoms with Gasteiger partial charge in [-0.2, -0.15) is 0 Å². The van der Waals surface area contributed by atoms with Crippen molar-refractivity contribution in [3.8, 4) is 0 Å². The Hall–Kier alpha value is -1.35. The highest BCUT2D eigenvalue weighted by Crippen LogP contribution is 2.19. The van der Waals surface area contributed by atoms with Gasteiger partial charge in [-0.1, -0.05) is 23.7 Å². The third-order valence-corrected chi connectivity index (χ3v) is 1.98. The molecule has 2 nitrogen and oxygen atoms in total. The van der Waals surface area contributed by atoms with Gasteiger partial charge in [0.25, 0.3) is 0 Å². The molecule has 0 unspecified atom stereocenters. The first-order chi connectivity index (χ1) is 6.52. The second-order valence-corrected chi connectivity index (χ2v) is 3.18. The molecule has 1 aromatic rings. The quantitative estimate of drug-likeness (QED) is 0.769. The molecule has 0 saturated heterocycles. The van der Waals surface area contributed by atoms with Crippen LogP contribution in [-0.4, -0.2) is 11.1 Å². The van der Waals surface area contributed by atoms with Gasteiger partial charge in [-0.25, -0.2) is 9.18 Å². The molecule has 0 fully saturated rings. The maximum atomic E-state index is 13.3. The average Bonchev–Trinajstić information content (AvgIpc) is 2.12. The van der Waals surface area contributed by atoms with Crippen LogP contribution in [0.25, 0.3) is 6.08 Å². The number of carboxylic acids is 1. The lowest BCUT2D eigenvalue weighted by atomic mass is 10.1. The number of carbonyl (C=O) groups is 1. The molecule has 0 spiro atoms. The van der Waals surface area contributed by atoms with Gasteiger partial charge in [-0.15, -0.1) is 0 Å². The van der Waals surface area contributed by atoms with Gasteiger partial charge < -0.3 is 5.11 Å². The summed E-state index contributed by atoms with van der Waals surface area (Å²) < 4.78 is 13.3. The van der Waals surface area contributed by atoms with Crippen LogP contribution in [0.15, 0.2) is 23.8 Å². The SMILES string of the molecule is C/C(=C/c1cccc(Cl)c1F)C(=O)O. The molecule has 1 N–H and O–H groups in total. The largest absolute Gasteiger partial charge is 0.478 e. The zero-order valence-corrected chi connectivity index (χ0v) is 8.18. The molecule has 0 aliphatic carbocycles. The van der Waals surface area contributed by atoms with Crippen LogP contribution in [0.1, 0.15) is 12.5 Å². The first kappa shape index (κ1) is 10.7. The van der Waals surface area contributed by atoms with Crippen molar-refractivity contribution < 1.29 is 14.3 Å². The molecule has 0 aliphatic rings. The number of halogens is 2. The highest BCUT2D eigenvalue weighted by molar-refractivity contribution is 6.30. The molecule has 0 heterocycles. The molecule has 74 valence electrons. The van der Waals surface area contributed by atoms with E-state index >= 15 is 0 Å². The predicted octanol–water partition coefficient (Wildman–Crippen LogP) is 2.97. The van der Waals surface area contributed by atoms with Crippen molar-refractivity contribution in [3.05, 3.63) is 40.2 Å². The first-order valence-electron chi connectivity index (χ1n) is 3.88. The van der Waals surface area contributed by atoms with Crippen molar-refractivity contribution in [1.82, 2.24) is 0 Å². The molecule has 0 atom stereocenters. The zero-order chi connectivity index (χ0) is 10.7. The van der Waals surface area contributed by atoms with E-state index < -0.39 is 11.8 Å². The van der Waals surface area contributed by atoms with Crippen LogP contribution >= 0.6 is 11.6 Å². The Morgan fingerprint density at radius 3 is 2.79 bits per heavy atom. The van der Waals surface area contributed by atoms with Crippen LogP contribution in [0.4, 0.5) is 4.39 Å². The summed E-state index contributed by atoms with van der Waals surface area (Å²) in [6.45, 7) is 1.39. The van der Waals surface area contributed by atoms with E-state index in [9.17, 15) is 9.18 Å². The highest BCUT2D eigenvalue weighted by Gasteiger charge is 2.06. The summed E-state index contributed by atoms with van der Waals surface area (Å²) >= 11 is 5.53. The molecule has 0 amide bonds. The van der Waals surface area contributed by atoms with E-state index in [1.807, 2.05) is 0 Å². The maximum Gasteiger partial charge on any atom is 0.331 e. The van der Waals surface area contributed by atoms with E-state index in [2.05, 4.69) is 0 Å². The topological polar surface area (TPSA) is 37.3 Å². The minimum absolute atomic E-state index is 0.0167. The van der Waals surface area contributed by atoms with Gasteiger partial charge >= 0.3 is 5.97 Å². The van der Waals surface area contributed by atoms with E-state index in [1.165, 1.54) is 25.1 Å². The van der Waals surface area contributed by atoms with Crippen molar-refractivity contribution in [2.75, 3.05) is 0 Å². The minimum Gasteiger partial charge on any atom is -0.478 e. The summed E-state index contributed by atoms with van der Waals surface area (Å²) in [5.41, 5.74) is 0.239. The molecule has 4 heteroatoms. The molecule has 0 aliphatic heterocycles. The number of carboxylic acid groups (broad SMARTS) is 1. The van der Waals surface area contributed by atoms with Gasteiger partial charge in [0.15, 0.2) is 0 Å². The summed E-state index contributed by atoms with van der Waals surface area (Å²) in [6.07, 6.45) is 1.24. The van der Waals surface area contributed by atoms with Gasteiger partial charge in [-0.05, 0) is 19.1 Å². The van der Waals surface area contributed by atoms with Crippen LogP contribution in [-0.2, 0) is 4.79 Å². The molecular formula is C10H8ClFO2. The first-order valence-corrected chi connectivity index (χ1v) is 4.26. The average molecular weight is 215 g/mol. The Kier molecular flexibility index (Phi) is 3.25. The van der Waals surface area contributed by atoms with E-state index in [0.29, 0.717) is 0 Å². The van der Waals surface area contributed by atoms with E-state index in [1.54, 1.807) is 6.07 Å². The Bertz CT molecular complexity index is 399. The maximum absolute atomic E-state index is 13.3. The third kappa shape index (κ3) is 2.33. The van der Waals surface area contributed by atoms with Gasteiger partial charge in [-0.3, -0.25) is 0 Å². The summed E-state index contributed by atoms with van der Waals surface area (Å²) in [6, 6.07) is 4.43. The van der Waals surface area contributed by atoms with Gasteiger partial charge in [0.2, 0.25) is 0 Å². The van der Waals surface area contributed by atoms with Crippen molar-refractivity contribution in [2.24, 2.45) is 0 Å². The fourth-order valence-corrected chi connectivity index (χ4v) is 1.11. The molecule has 14 heavy (non-hydrogen) atoms. The molecule has 1 rings (SSSR count). The Labute approximate surface area is 85.6 Å². The molecular weight excluding hydrogens is 207 g/mol. The van der Waals surface area contributed by atoms with Crippen LogP contribution < -0.4 is 0 Å². The lowest BCUT2D eigenvalue weighted by molar-refractivity contribution is -0.132. The molecule has 0 bridgehead atoms. The molecule has 1 aromatic carbocycles. The lowest BCUT2D eigenvalue weighted by Crippen LogP contribution is -1.96. The van der Waals surface area contributed by atoms with E-state index in [-0.39, 0.29) is 16.2 Å². The van der Waals surface area contributed by atoms with Crippen molar-refractivity contribution in [3.63, 3.8) is 0 Å². The van der Waals surface area contributed by atoms with Gasteiger partial charge in [0.05, 0.1) is 5.02 Å². The van der Waals surface area contributed by atoms with Crippen molar-refractivity contribution >= 4 is 23.6 Å². The second kappa shape index (κ2) is 4.24. The zero-order valence-electron chi connectivity index (χ0n) is 7.42. The number of benzene rings is 1. The number of aliphatic carboxylic acids is 1. The molecule has 0 saturated carbocycles. The summed E-state index contributed by atoms with van der Waals surface area (Å²) in [5.74, 6) is -1.68. The summed E-state index contributed by atoms with van der Waals surface area (Å²) in [5, 5.41) is 8.56. The summed E-state index contributed by atoms with van der Waals surface area (Å²) in [7, 11) is 0. The van der Waals surface area contributed by atoms with Gasteiger partial charge in [0.1, 0.15) is 5.82 Å². The smallest absolute Gasteiger partial charge is 0.331 e. The summed E-state index contributed by atoms with van der Waals surface area (Å²) in [4.78, 5) is 10.5. The number of hydrogen-bond donors (Lipinski definition) is 1. The van der Waals surface area contributed by atoms with Gasteiger partial charge in [0, 0.05) is 11.1 Å². The molecule has 0 radical (unpaired) electrons. The highest BCUT2D eigenvalue weighted by atomic mass is 35.5. The Morgan fingerprint density at radius 2 is 2.21 bits per heavy atom. The molecule has 0 aromatic heterocycles. The van der Waals surface area contributed by atoms with Crippen molar-refractivity contribution in [2.45, 2.75) is 6.92 Å². The van der Waals surface area contributed by atoms with E-state index in [4.69, 9.17) is 16.7 Å². The van der Waals surface area contributed by atoms with E-state index in [0.717, 1.165) is 0 Å². The normalized spacial score (nSPS) is 11.5. The number of hydrogen-bond acceptors (Lipinski definition) is 1. The fourth-order valence-electron chi connectivity index (χ4n) is 0.927. The predicted molar refractivity (Wildman–Crippen MR) is 52.7 cm³/mol. The van der Waals surface area contributed by atoms with Crippen LogP contribution in [0, 0.1) is 5.82 Å².